The van der Waals surface area contributed by atoms with E-state index in [4.69, 9.17) is 4.74 Å². The number of rotatable bonds is 8. The first kappa shape index (κ1) is 26.7. The van der Waals surface area contributed by atoms with Crippen molar-refractivity contribution in [3.63, 3.8) is 0 Å². The number of alkyl carbamates (subject to hydrolysis) is 1. The van der Waals surface area contributed by atoms with Crippen molar-refractivity contribution in [1.82, 2.24) is 20.1 Å². The van der Waals surface area contributed by atoms with Gasteiger partial charge in [0, 0.05) is 24.5 Å². The lowest BCUT2D eigenvalue weighted by Gasteiger charge is -2.29. The van der Waals surface area contributed by atoms with Gasteiger partial charge in [-0.1, -0.05) is 19.9 Å². The lowest BCUT2D eigenvalue weighted by atomic mass is 9.98. The fourth-order valence-corrected chi connectivity index (χ4v) is 3.85. The Bertz CT molecular complexity index is 1270. The molecule has 9 nitrogen and oxygen atoms in total. The number of anilines is 3. The molecule has 1 aromatic carbocycles. The number of carbonyl (C=O) groups excluding carboxylic acids is 1. The molecule has 0 saturated heterocycles. The molecule has 0 radical (unpaired) electrons. The summed E-state index contributed by atoms with van der Waals surface area (Å²) < 4.78 is 22.1. The van der Waals surface area contributed by atoms with Gasteiger partial charge in [0.2, 0.25) is 0 Å². The van der Waals surface area contributed by atoms with Gasteiger partial charge in [-0.15, -0.1) is 0 Å². The van der Waals surface area contributed by atoms with Gasteiger partial charge in [-0.05, 0) is 58.2 Å². The Morgan fingerprint density at radius 3 is 2.61 bits per heavy atom. The zero-order chi connectivity index (χ0) is 26.6. The van der Waals surface area contributed by atoms with Gasteiger partial charge >= 0.3 is 6.09 Å². The molecule has 0 aliphatic rings. The number of pyridine rings is 1. The number of aromatic nitrogens is 3. The van der Waals surface area contributed by atoms with E-state index in [0.29, 0.717) is 12.1 Å². The summed E-state index contributed by atoms with van der Waals surface area (Å²) in [5.41, 5.74) is 1.03. The van der Waals surface area contributed by atoms with E-state index < -0.39 is 17.5 Å². The Morgan fingerprint density at radius 1 is 1.25 bits per heavy atom. The van der Waals surface area contributed by atoms with Crippen molar-refractivity contribution in [2.24, 2.45) is 13.0 Å². The van der Waals surface area contributed by atoms with Gasteiger partial charge in [-0.3, -0.25) is 4.68 Å². The minimum absolute atomic E-state index is 0.0154. The van der Waals surface area contributed by atoms with E-state index in [1.165, 1.54) is 0 Å². The zero-order valence-electron chi connectivity index (χ0n) is 21.8. The Balaban J connectivity index is 1.90. The van der Waals surface area contributed by atoms with Crippen LogP contribution in [0.5, 0.6) is 0 Å². The number of carbonyl (C=O) groups is 1. The Kier molecular flexibility index (Phi) is 8.03. The van der Waals surface area contributed by atoms with Crippen LogP contribution in [0.4, 0.5) is 26.5 Å². The smallest absolute Gasteiger partial charge is 0.407 e. The normalized spacial score (nSPS) is 13.2. The molecule has 0 aliphatic carbocycles. The fraction of sp³-hybridized carbons (Fsp3) is 0.462. The van der Waals surface area contributed by atoms with Gasteiger partial charge in [-0.2, -0.15) is 10.4 Å². The molecule has 3 aromatic rings. The maximum Gasteiger partial charge on any atom is 0.407 e. The van der Waals surface area contributed by atoms with Crippen molar-refractivity contribution in [2.75, 3.05) is 10.6 Å². The second-order valence-electron chi connectivity index (χ2n) is 10.3. The largest absolute Gasteiger partial charge is 0.444 e. The third-order valence-electron chi connectivity index (χ3n) is 5.54. The maximum atomic E-state index is 15.0. The summed E-state index contributed by atoms with van der Waals surface area (Å²) in [5, 5.41) is 23.9. The van der Waals surface area contributed by atoms with Crippen LogP contribution < -0.4 is 16.0 Å². The number of halogens is 1. The fourth-order valence-electron chi connectivity index (χ4n) is 3.85. The van der Waals surface area contributed by atoms with Crippen molar-refractivity contribution in [3.05, 3.63) is 41.8 Å². The molecule has 192 valence electrons. The minimum atomic E-state index is -0.657. The van der Waals surface area contributed by atoms with Gasteiger partial charge in [0.25, 0.3) is 0 Å². The van der Waals surface area contributed by atoms with E-state index in [-0.39, 0.29) is 35.2 Å². The number of fused-ring (bicyclic) bond motifs is 1. The second kappa shape index (κ2) is 10.8. The molecule has 0 saturated carbocycles. The zero-order valence-corrected chi connectivity index (χ0v) is 21.8. The van der Waals surface area contributed by atoms with Crippen molar-refractivity contribution < 1.29 is 13.9 Å². The van der Waals surface area contributed by atoms with Gasteiger partial charge in [-0.25, -0.2) is 14.2 Å². The van der Waals surface area contributed by atoms with Crippen molar-refractivity contribution in [1.29, 1.82) is 5.26 Å². The number of hydrogen-bond donors (Lipinski definition) is 3. The highest BCUT2D eigenvalue weighted by Gasteiger charge is 2.25. The van der Waals surface area contributed by atoms with Crippen LogP contribution in [0.25, 0.3) is 10.9 Å². The van der Waals surface area contributed by atoms with E-state index in [2.05, 4.69) is 26.0 Å². The van der Waals surface area contributed by atoms with Gasteiger partial charge in [0.15, 0.2) is 17.5 Å². The number of aryl methyl sites for hydroxylation is 1. The van der Waals surface area contributed by atoms with Crippen molar-refractivity contribution in [3.8, 4) is 6.07 Å². The molecule has 0 bridgehead atoms. The highest BCUT2D eigenvalue weighted by Crippen LogP contribution is 2.29. The average Bonchev–Trinajstić information content (AvgIpc) is 3.15. The Labute approximate surface area is 211 Å². The van der Waals surface area contributed by atoms with Crippen LogP contribution in [0.1, 0.15) is 53.5 Å². The summed E-state index contributed by atoms with van der Waals surface area (Å²) in [6, 6.07) is 8.06. The van der Waals surface area contributed by atoms with Gasteiger partial charge in [0.05, 0.1) is 23.0 Å². The highest BCUT2D eigenvalue weighted by molar-refractivity contribution is 5.93. The topological polar surface area (TPSA) is 117 Å². The standard InChI is InChI=1S/C26H34FN7O2/c1-15(2)11-21(16(3)30-25(35)36-26(4,5)6)32-24-19(27)12-17(13-28)23(33-24)31-20-9-8-10-22-18(20)14-29-34(22)7/h8-10,12,14-16,21H,11H2,1-7H3,(H,30,35)(H2,31,32,33)/t16-,21+/m0/s1. The van der Waals surface area contributed by atoms with Gasteiger partial charge < -0.3 is 20.7 Å². The minimum Gasteiger partial charge on any atom is -0.444 e. The first-order valence-electron chi connectivity index (χ1n) is 11.9. The predicted octanol–water partition coefficient (Wildman–Crippen LogP) is 5.46. The van der Waals surface area contributed by atoms with E-state index in [0.717, 1.165) is 17.0 Å². The molecular weight excluding hydrogens is 461 g/mol. The lowest BCUT2D eigenvalue weighted by Crippen LogP contribution is -2.47. The quantitative estimate of drug-likeness (QED) is 0.380. The molecule has 3 N–H and O–H groups in total. The number of amides is 1. The summed E-state index contributed by atoms with van der Waals surface area (Å²) in [5.74, 6) is -0.199. The van der Waals surface area contributed by atoms with Crippen LogP contribution in [-0.4, -0.2) is 38.5 Å². The van der Waals surface area contributed by atoms with Crippen LogP contribution in [-0.2, 0) is 11.8 Å². The molecule has 2 aromatic heterocycles. The predicted molar refractivity (Wildman–Crippen MR) is 139 cm³/mol. The number of benzene rings is 1. The molecule has 0 fully saturated rings. The van der Waals surface area contributed by atoms with Crippen molar-refractivity contribution >= 4 is 34.3 Å². The van der Waals surface area contributed by atoms with E-state index in [1.807, 2.05) is 52.1 Å². The van der Waals surface area contributed by atoms with E-state index in [9.17, 15) is 10.1 Å². The molecular formula is C26H34FN7O2. The molecule has 3 rings (SSSR count). The summed E-state index contributed by atoms with van der Waals surface area (Å²) in [4.78, 5) is 16.8. The SMILES string of the molecule is CC(C)C[C@@H](Nc1nc(Nc2cccc3c2cnn3C)c(C#N)cc1F)[C@H](C)NC(=O)OC(C)(C)C. The monoisotopic (exact) mass is 495 g/mol. The van der Waals surface area contributed by atoms with Crippen LogP contribution >= 0.6 is 0 Å². The van der Waals surface area contributed by atoms with Crippen LogP contribution in [0.3, 0.4) is 0 Å². The number of ether oxygens (including phenoxy) is 1. The molecule has 2 heterocycles. The molecule has 36 heavy (non-hydrogen) atoms. The number of hydrogen-bond acceptors (Lipinski definition) is 7. The molecule has 2 atom stereocenters. The number of nitrogens with zero attached hydrogens (tertiary/aromatic N) is 4. The number of nitriles is 1. The molecule has 0 unspecified atom stereocenters. The highest BCUT2D eigenvalue weighted by atomic mass is 19.1. The van der Waals surface area contributed by atoms with Crippen LogP contribution in [0.15, 0.2) is 30.5 Å². The summed E-state index contributed by atoms with van der Waals surface area (Å²) in [7, 11) is 1.84. The summed E-state index contributed by atoms with van der Waals surface area (Å²) in [6.45, 7) is 11.3. The van der Waals surface area contributed by atoms with E-state index >= 15 is 4.39 Å². The first-order valence-corrected chi connectivity index (χ1v) is 11.9. The van der Waals surface area contributed by atoms with Crippen molar-refractivity contribution in [2.45, 2.75) is 65.6 Å². The Hall–Kier alpha value is -3.87. The van der Waals surface area contributed by atoms with Gasteiger partial charge in [0.1, 0.15) is 11.7 Å². The van der Waals surface area contributed by atoms with Crippen LogP contribution in [0, 0.1) is 23.1 Å². The molecule has 0 aliphatic heterocycles. The summed E-state index contributed by atoms with van der Waals surface area (Å²) >= 11 is 0. The molecule has 10 heteroatoms. The maximum absolute atomic E-state index is 15.0. The molecule has 0 spiro atoms. The second-order valence-corrected chi connectivity index (χ2v) is 10.3. The van der Waals surface area contributed by atoms with Crippen LogP contribution in [0.2, 0.25) is 0 Å². The third kappa shape index (κ3) is 6.62. The van der Waals surface area contributed by atoms with E-state index in [1.54, 1.807) is 31.6 Å². The summed E-state index contributed by atoms with van der Waals surface area (Å²) in [6.07, 6.45) is 1.80. The average molecular weight is 496 g/mol. The lowest BCUT2D eigenvalue weighted by molar-refractivity contribution is 0.0501. The first-order chi connectivity index (χ1) is 16.9. The Morgan fingerprint density at radius 2 is 1.97 bits per heavy atom. The molecule has 1 amide bonds. The third-order valence-corrected chi connectivity index (χ3v) is 5.54. The number of nitrogens with one attached hydrogen (secondary N) is 3.